The van der Waals surface area contributed by atoms with Crippen molar-refractivity contribution in [2.24, 2.45) is 5.41 Å². The van der Waals surface area contributed by atoms with Gasteiger partial charge in [-0.15, -0.1) is 0 Å². The van der Waals surface area contributed by atoms with Crippen LogP contribution in [0.15, 0.2) is 0 Å². The van der Waals surface area contributed by atoms with E-state index in [0.29, 0.717) is 19.4 Å². The van der Waals surface area contributed by atoms with Crippen LogP contribution < -0.4 is 10.6 Å². The van der Waals surface area contributed by atoms with Crippen LogP contribution in [-0.4, -0.2) is 29.2 Å². The molecular formula is C15H28N2O3. The standard InChI is InChI=1S/C15H28N2O3/c1-4-14(9-7-8-10-14)11-16-13(20)17-15(5-2,6-3)12(18)19/h4-11H2,1-3H3,(H,18,19)(H2,16,17,20). The average Bonchev–Trinajstić information content (AvgIpc) is 2.92. The second-order valence-corrected chi connectivity index (χ2v) is 5.96. The predicted molar refractivity (Wildman–Crippen MR) is 78.7 cm³/mol. The van der Waals surface area contributed by atoms with Gasteiger partial charge in [0.25, 0.3) is 0 Å². The molecule has 0 aromatic carbocycles. The lowest BCUT2D eigenvalue weighted by atomic mass is 9.83. The zero-order chi connectivity index (χ0) is 15.2. The monoisotopic (exact) mass is 284 g/mol. The third-order valence-corrected chi connectivity index (χ3v) is 5.01. The fraction of sp³-hybridized carbons (Fsp3) is 0.867. The molecule has 0 aliphatic heterocycles. The molecule has 0 bridgehead atoms. The van der Waals surface area contributed by atoms with E-state index in [1.807, 2.05) is 0 Å². The van der Waals surface area contributed by atoms with E-state index in [9.17, 15) is 14.7 Å². The number of hydrogen-bond acceptors (Lipinski definition) is 2. The molecule has 0 radical (unpaired) electrons. The highest BCUT2D eigenvalue weighted by Gasteiger charge is 2.37. The van der Waals surface area contributed by atoms with Crippen molar-refractivity contribution in [1.29, 1.82) is 0 Å². The molecule has 0 saturated heterocycles. The Labute approximate surface area is 121 Å². The number of aliphatic carboxylic acids is 1. The van der Waals surface area contributed by atoms with Gasteiger partial charge in [-0.3, -0.25) is 0 Å². The Morgan fingerprint density at radius 1 is 1.15 bits per heavy atom. The van der Waals surface area contributed by atoms with E-state index in [0.717, 1.165) is 19.3 Å². The molecule has 3 N–H and O–H groups in total. The minimum absolute atomic E-state index is 0.210. The van der Waals surface area contributed by atoms with E-state index in [-0.39, 0.29) is 11.4 Å². The molecule has 0 aromatic heterocycles. The molecule has 0 unspecified atom stereocenters. The summed E-state index contributed by atoms with van der Waals surface area (Å²) in [6, 6.07) is -0.365. The van der Waals surface area contributed by atoms with E-state index in [2.05, 4.69) is 17.6 Å². The highest BCUT2D eigenvalue weighted by atomic mass is 16.4. The van der Waals surface area contributed by atoms with Gasteiger partial charge in [-0.25, -0.2) is 9.59 Å². The summed E-state index contributed by atoms with van der Waals surface area (Å²) < 4.78 is 0. The van der Waals surface area contributed by atoms with Crippen LogP contribution in [0.3, 0.4) is 0 Å². The molecule has 1 rings (SSSR count). The number of urea groups is 1. The molecule has 20 heavy (non-hydrogen) atoms. The lowest BCUT2D eigenvalue weighted by Gasteiger charge is -2.31. The molecule has 0 spiro atoms. The van der Waals surface area contributed by atoms with Crippen LogP contribution in [0.2, 0.25) is 0 Å². The van der Waals surface area contributed by atoms with Crippen molar-refractivity contribution in [3.05, 3.63) is 0 Å². The van der Waals surface area contributed by atoms with E-state index < -0.39 is 11.5 Å². The Hall–Kier alpha value is -1.26. The van der Waals surface area contributed by atoms with Gasteiger partial charge >= 0.3 is 12.0 Å². The molecule has 116 valence electrons. The summed E-state index contributed by atoms with van der Waals surface area (Å²) in [5.74, 6) is -0.969. The predicted octanol–water partition coefficient (Wildman–Crippen LogP) is 2.90. The molecule has 2 amide bonds. The fourth-order valence-electron chi connectivity index (χ4n) is 3.09. The zero-order valence-corrected chi connectivity index (χ0v) is 12.9. The third-order valence-electron chi connectivity index (χ3n) is 5.01. The number of rotatable bonds is 7. The molecule has 5 heteroatoms. The van der Waals surface area contributed by atoms with Gasteiger partial charge in [0.2, 0.25) is 0 Å². The minimum Gasteiger partial charge on any atom is -0.480 e. The summed E-state index contributed by atoms with van der Waals surface area (Å²) in [5, 5.41) is 14.8. The van der Waals surface area contributed by atoms with Crippen molar-refractivity contribution in [3.63, 3.8) is 0 Å². The normalized spacial score (nSPS) is 17.8. The number of carbonyl (C=O) groups is 2. The van der Waals surface area contributed by atoms with Crippen LogP contribution in [0.25, 0.3) is 0 Å². The Morgan fingerprint density at radius 3 is 2.10 bits per heavy atom. The number of nitrogens with one attached hydrogen (secondary N) is 2. The molecule has 1 saturated carbocycles. The lowest BCUT2D eigenvalue weighted by molar-refractivity contribution is -0.144. The quantitative estimate of drug-likeness (QED) is 0.672. The molecule has 1 aliphatic rings. The Kier molecular flexibility index (Phi) is 5.84. The topological polar surface area (TPSA) is 78.4 Å². The Bertz CT molecular complexity index is 345. The largest absolute Gasteiger partial charge is 0.480 e. The summed E-state index contributed by atoms with van der Waals surface area (Å²) in [6.07, 6.45) is 6.56. The highest BCUT2D eigenvalue weighted by molar-refractivity contribution is 5.86. The van der Waals surface area contributed by atoms with Gasteiger partial charge in [0.15, 0.2) is 0 Å². The molecule has 0 heterocycles. The highest BCUT2D eigenvalue weighted by Crippen LogP contribution is 2.40. The first kappa shape index (κ1) is 16.8. The summed E-state index contributed by atoms with van der Waals surface area (Å²) in [6.45, 7) is 6.35. The minimum atomic E-state index is -1.15. The second-order valence-electron chi connectivity index (χ2n) is 5.96. The summed E-state index contributed by atoms with van der Waals surface area (Å²) in [5.41, 5.74) is -0.944. The van der Waals surface area contributed by atoms with Crippen LogP contribution in [0.1, 0.15) is 65.7 Å². The molecule has 0 atom stereocenters. The van der Waals surface area contributed by atoms with Crippen LogP contribution >= 0.6 is 0 Å². The van der Waals surface area contributed by atoms with Crippen molar-refractivity contribution in [2.75, 3.05) is 6.54 Å². The Morgan fingerprint density at radius 2 is 1.70 bits per heavy atom. The van der Waals surface area contributed by atoms with E-state index >= 15 is 0 Å². The molecular weight excluding hydrogens is 256 g/mol. The van der Waals surface area contributed by atoms with Gasteiger partial charge in [-0.2, -0.15) is 0 Å². The number of hydrogen-bond donors (Lipinski definition) is 3. The first-order valence-electron chi connectivity index (χ1n) is 7.73. The van der Waals surface area contributed by atoms with Gasteiger partial charge in [0.05, 0.1) is 0 Å². The van der Waals surface area contributed by atoms with Crippen LogP contribution in [0.4, 0.5) is 4.79 Å². The SMILES string of the molecule is CCC1(CNC(=O)NC(CC)(CC)C(=O)O)CCCC1. The van der Waals surface area contributed by atoms with Gasteiger partial charge in [0, 0.05) is 6.54 Å². The fourth-order valence-corrected chi connectivity index (χ4v) is 3.09. The maximum Gasteiger partial charge on any atom is 0.329 e. The second kappa shape index (κ2) is 6.95. The molecule has 5 nitrogen and oxygen atoms in total. The van der Waals surface area contributed by atoms with Gasteiger partial charge in [0.1, 0.15) is 5.54 Å². The van der Waals surface area contributed by atoms with Crippen LogP contribution in [-0.2, 0) is 4.79 Å². The number of carboxylic acids is 1. The molecule has 1 aliphatic carbocycles. The number of carboxylic acid groups (broad SMARTS) is 1. The molecule has 0 aromatic rings. The summed E-state index contributed by atoms with van der Waals surface area (Å²) in [4.78, 5) is 23.4. The lowest BCUT2D eigenvalue weighted by Crippen LogP contribution is -2.57. The maximum atomic E-state index is 12.0. The first-order valence-corrected chi connectivity index (χ1v) is 7.73. The van der Waals surface area contributed by atoms with Crippen molar-refractivity contribution < 1.29 is 14.7 Å². The van der Waals surface area contributed by atoms with Gasteiger partial charge in [-0.1, -0.05) is 33.6 Å². The van der Waals surface area contributed by atoms with Crippen LogP contribution in [0.5, 0.6) is 0 Å². The Balaban J connectivity index is 2.56. The average molecular weight is 284 g/mol. The van der Waals surface area contributed by atoms with Crippen molar-refractivity contribution in [2.45, 2.75) is 71.3 Å². The van der Waals surface area contributed by atoms with Crippen LogP contribution in [0, 0.1) is 5.41 Å². The number of carbonyl (C=O) groups excluding carboxylic acids is 1. The maximum absolute atomic E-state index is 12.0. The first-order chi connectivity index (χ1) is 9.43. The van der Waals surface area contributed by atoms with Crippen molar-refractivity contribution in [3.8, 4) is 0 Å². The smallest absolute Gasteiger partial charge is 0.329 e. The van der Waals surface area contributed by atoms with Gasteiger partial charge in [-0.05, 0) is 37.5 Å². The van der Waals surface area contributed by atoms with E-state index in [1.54, 1.807) is 13.8 Å². The van der Waals surface area contributed by atoms with Gasteiger partial charge < -0.3 is 15.7 Å². The summed E-state index contributed by atoms with van der Waals surface area (Å²) in [7, 11) is 0. The van der Waals surface area contributed by atoms with Crippen molar-refractivity contribution in [1.82, 2.24) is 10.6 Å². The van der Waals surface area contributed by atoms with Crippen molar-refractivity contribution >= 4 is 12.0 Å². The van der Waals surface area contributed by atoms with E-state index in [1.165, 1.54) is 12.8 Å². The summed E-state index contributed by atoms with van der Waals surface area (Å²) >= 11 is 0. The number of amides is 2. The molecule has 1 fully saturated rings. The van der Waals surface area contributed by atoms with E-state index in [4.69, 9.17) is 0 Å². The zero-order valence-electron chi connectivity index (χ0n) is 12.9. The third kappa shape index (κ3) is 3.64.